The highest BCUT2D eigenvalue weighted by atomic mass is 15.0. The van der Waals surface area contributed by atoms with Crippen molar-refractivity contribution in [3.63, 3.8) is 0 Å². The standard InChI is InChI=1S/2C43H30N2/c1-29-19-22-41-37(25-29)39-28-33(21-24-43(39)45(41)35-16-10-13-31(26-35)30-11-4-2-5-12-30)32-20-23-42-38(27-32)36-17-8-9-18-40(36)44(42)34-14-6-3-7-15-34;1-29-19-22-37-39-28-33(21-24-42(39)45(43(37)25-29)35-16-10-13-31(26-35)30-11-4-2-5-12-30)32-20-23-41-38(27-32)36-17-8-9-18-40(36)44(41)34-14-6-3-7-15-34/h2*2-28H,1H3. The van der Waals surface area contributed by atoms with Crippen molar-refractivity contribution in [2.75, 3.05) is 0 Å². The Hall–Kier alpha value is -11.7. The van der Waals surface area contributed by atoms with Crippen molar-refractivity contribution in [2.24, 2.45) is 0 Å². The molecule has 424 valence electrons. The van der Waals surface area contributed by atoms with E-state index < -0.39 is 0 Å². The van der Waals surface area contributed by atoms with Crippen LogP contribution in [-0.2, 0) is 0 Å². The summed E-state index contributed by atoms with van der Waals surface area (Å²) in [5.41, 5.74) is 26.8. The second-order valence-electron chi connectivity index (χ2n) is 23.8. The lowest BCUT2D eigenvalue weighted by molar-refractivity contribution is 1.18. The van der Waals surface area contributed by atoms with E-state index in [1.54, 1.807) is 0 Å². The number of rotatable bonds is 8. The summed E-state index contributed by atoms with van der Waals surface area (Å²) in [4.78, 5) is 0. The Morgan fingerprint density at radius 1 is 0.156 bits per heavy atom. The Kier molecular flexibility index (Phi) is 12.6. The summed E-state index contributed by atoms with van der Waals surface area (Å²) in [5.74, 6) is 0. The largest absolute Gasteiger partial charge is 0.309 e. The van der Waals surface area contributed by atoms with Gasteiger partial charge in [-0.25, -0.2) is 0 Å². The predicted molar refractivity (Wildman–Crippen MR) is 381 cm³/mol. The van der Waals surface area contributed by atoms with Gasteiger partial charge in [0.05, 0.1) is 44.1 Å². The molecule has 0 aliphatic carbocycles. The van der Waals surface area contributed by atoms with Crippen molar-refractivity contribution in [1.29, 1.82) is 0 Å². The van der Waals surface area contributed by atoms with Gasteiger partial charge in [0.15, 0.2) is 0 Å². The lowest BCUT2D eigenvalue weighted by atomic mass is 10.0. The molecule has 4 heteroatoms. The van der Waals surface area contributed by atoms with E-state index in [1.165, 1.54) is 166 Å². The summed E-state index contributed by atoms with van der Waals surface area (Å²) >= 11 is 0. The molecule has 0 bridgehead atoms. The van der Waals surface area contributed by atoms with Crippen molar-refractivity contribution in [3.05, 3.63) is 339 Å². The van der Waals surface area contributed by atoms with Crippen LogP contribution < -0.4 is 0 Å². The quantitative estimate of drug-likeness (QED) is 0.144. The van der Waals surface area contributed by atoms with Crippen molar-refractivity contribution in [1.82, 2.24) is 18.3 Å². The van der Waals surface area contributed by atoms with Crippen LogP contribution >= 0.6 is 0 Å². The maximum absolute atomic E-state index is 2.42. The van der Waals surface area contributed by atoms with Gasteiger partial charge in [0.25, 0.3) is 0 Å². The van der Waals surface area contributed by atoms with Gasteiger partial charge < -0.3 is 18.3 Å². The molecule has 0 spiro atoms. The normalized spacial score (nSPS) is 11.7. The molecule has 4 nitrogen and oxygen atoms in total. The Balaban J connectivity index is 0.000000139. The van der Waals surface area contributed by atoms with E-state index in [2.05, 4.69) is 360 Å². The molecule has 0 amide bonds. The first-order valence-corrected chi connectivity index (χ1v) is 31.1. The second-order valence-corrected chi connectivity index (χ2v) is 23.8. The third-order valence-electron chi connectivity index (χ3n) is 18.3. The molecule has 0 N–H and O–H groups in total. The van der Waals surface area contributed by atoms with Crippen LogP contribution in [-0.4, -0.2) is 18.3 Å². The topological polar surface area (TPSA) is 19.7 Å². The van der Waals surface area contributed by atoms with Crippen molar-refractivity contribution < 1.29 is 0 Å². The van der Waals surface area contributed by atoms with Crippen molar-refractivity contribution in [3.8, 4) is 67.3 Å². The van der Waals surface area contributed by atoms with Gasteiger partial charge in [-0.05, 0) is 191 Å². The zero-order chi connectivity index (χ0) is 59.8. The molecule has 0 aliphatic rings. The molecule has 4 heterocycles. The first kappa shape index (κ1) is 52.6. The number of benzene rings is 14. The smallest absolute Gasteiger partial charge is 0.0543 e. The highest BCUT2D eigenvalue weighted by molar-refractivity contribution is 6.15. The minimum absolute atomic E-state index is 1.17. The molecule has 0 saturated carbocycles. The summed E-state index contributed by atoms with van der Waals surface area (Å²) in [6.07, 6.45) is 0. The Morgan fingerprint density at radius 3 is 0.878 bits per heavy atom. The Bertz CT molecular complexity index is 5780. The first-order chi connectivity index (χ1) is 44.5. The lowest BCUT2D eigenvalue weighted by Crippen LogP contribution is -1.94. The van der Waals surface area contributed by atoms with E-state index in [4.69, 9.17) is 0 Å². The van der Waals surface area contributed by atoms with Gasteiger partial charge in [-0.3, -0.25) is 0 Å². The monoisotopic (exact) mass is 1150 g/mol. The molecule has 0 unspecified atom stereocenters. The molecule has 90 heavy (non-hydrogen) atoms. The lowest BCUT2D eigenvalue weighted by Gasteiger charge is -2.11. The van der Waals surface area contributed by atoms with Crippen molar-refractivity contribution in [2.45, 2.75) is 13.8 Å². The molecule has 0 aliphatic heterocycles. The molecule has 0 atom stereocenters. The fourth-order valence-corrected chi connectivity index (χ4v) is 14.1. The summed E-state index contributed by atoms with van der Waals surface area (Å²) in [7, 11) is 0. The minimum Gasteiger partial charge on any atom is -0.309 e. The number of hydrogen-bond acceptors (Lipinski definition) is 0. The van der Waals surface area contributed by atoms with Crippen LogP contribution in [0, 0.1) is 13.8 Å². The molecule has 4 aromatic heterocycles. The van der Waals surface area contributed by atoms with Crippen LogP contribution in [0.2, 0.25) is 0 Å². The molecule has 0 fully saturated rings. The summed E-state index contributed by atoms with van der Waals surface area (Å²) in [6.45, 7) is 4.35. The summed E-state index contributed by atoms with van der Waals surface area (Å²) < 4.78 is 9.58. The first-order valence-electron chi connectivity index (χ1n) is 31.1. The summed E-state index contributed by atoms with van der Waals surface area (Å²) in [5, 5.41) is 10.1. The van der Waals surface area contributed by atoms with E-state index in [-0.39, 0.29) is 0 Å². The zero-order valence-electron chi connectivity index (χ0n) is 50.0. The van der Waals surface area contributed by atoms with Gasteiger partial charge >= 0.3 is 0 Å². The van der Waals surface area contributed by atoms with Gasteiger partial charge in [-0.15, -0.1) is 0 Å². The van der Waals surface area contributed by atoms with Crippen LogP contribution in [0.1, 0.15) is 11.1 Å². The van der Waals surface area contributed by atoms with Crippen molar-refractivity contribution >= 4 is 87.2 Å². The zero-order valence-corrected chi connectivity index (χ0v) is 50.0. The van der Waals surface area contributed by atoms with E-state index in [9.17, 15) is 0 Å². The van der Waals surface area contributed by atoms with Crippen LogP contribution in [0.15, 0.2) is 328 Å². The Morgan fingerprint density at radius 2 is 0.433 bits per heavy atom. The number of para-hydroxylation sites is 4. The minimum atomic E-state index is 1.17. The molecular formula is C86H60N4. The van der Waals surface area contributed by atoms with Crippen LogP contribution in [0.25, 0.3) is 154 Å². The number of aryl methyl sites for hydroxylation is 2. The van der Waals surface area contributed by atoms with Crippen LogP contribution in [0.5, 0.6) is 0 Å². The van der Waals surface area contributed by atoms with Crippen LogP contribution in [0.4, 0.5) is 0 Å². The third-order valence-corrected chi connectivity index (χ3v) is 18.3. The van der Waals surface area contributed by atoms with E-state index in [1.807, 2.05) is 0 Å². The van der Waals surface area contributed by atoms with Gasteiger partial charge in [0, 0.05) is 65.8 Å². The van der Waals surface area contributed by atoms with Gasteiger partial charge in [0.2, 0.25) is 0 Å². The number of aromatic nitrogens is 4. The highest BCUT2D eigenvalue weighted by Crippen LogP contribution is 2.42. The van der Waals surface area contributed by atoms with Gasteiger partial charge in [-0.1, -0.05) is 206 Å². The van der Waals surface area contributed by atoms with Crippen LogP contribution in [0.3, 0.4) is 0 Å². The average Bonchev–Trinajstić information content (AvgIpc) is 1.65. The molecule has 0 radical (unpaired) electrons. The number of nitrogens with zero attached hydrogens (tertiary/aromatic N) is 4. The van der Waals surface area contributed by atoms with E-state index in [0.29, 0.717) is 0 Å². The third kappa shape index (κ3) is 8.91. The SMILES string of the molecule is Cc1ccc2c(c1)c1cc(-c3ccc4c(c3)c3ccccc3n4-c3ccccc3)ccc1n2-c1cccc(-c2ccccc2)c1.Cc1ccc2c3cc(-c4ccc5c(c4)c4ccccc4n5-c4ccccc4)ccc3n(-c3cccc(-c4ccccc4)c3)c2c1. The van der Waals surface area contributed by atoms with E-state index in [0.717, 1.165) is 0 Å². The summed E-state index contributed by atoms with van der Waals surface area (Å²) in [6, 6.07) is 119. The molecular weight excluding hydrogens is 1090 g/mol. The second kappa shape index (κ2) is 21.6. The molecule has 18 aromatic rings. The molecule has 0 saturated heterocycles. The highest BCUT2D eigenvalue weighted by Gasteiger charge is 2.20. The fraction of sp³-hybridized carbons (Fsp3) is 0.0233. The maximum Gasteiger partial charge on any atom is 0.0543 e. The van der Waals surface area contributed by atoms with Gasteiger partial charge in [0.1, 0.15) is 0 Å². The molecule has 18 rings (SSSR count). The van der Waals surface area contributed by atoms with E-state index >= 15 is 0 Å². The fourth-order valence-electron chi connectivity index (χ4n) is 14.1. The number of hydrogen-bond donors (Lipinski definition) is 0. The average molecular weight is 1150 g/mol. The Labute approximate surface area is 522 Å². The number of fused-ring (bicyclic) bond motifs is 12. The maximum atomic E-state index is 2.42. The predicted octanol–water partition coefficient (Wildman–Crippen LogP) is 23.0. The molecule has 14 aromatic carbocycles. The van der Waals surface area contributed by atoms with Gasteiger partial charge in [-0.2, -0.15) is 0 Å².